The average molecular weight is 558 g/mol. The van der Waals surface area contributed by atoms with E-state index in [0.717, 1.165) is 24.0 Å². The van der Waals surface area contributed by atoms with Crippen molar-refractivity contribution in [1.29, 1.82) is 0 Å². The van der Waals surface area contributed by atoms with Gasteiger partial charge in [0.05, 0.1) is 22.9 Å². The van der Waals surface area contributed by atoms with Crippen LogP contribution in [0, 0.1) is 0 Å². The van der Waals surface area contributed by atoms with Gasteiger partial charge in [0.15, 0.2) is 5.75 Å². The molecule has 0 bridgehead atoms. The number of ether oxygens (including phenoxy) is 2. The Kier molecular flexibility index (Phi) is 12.5. The van der Waals surface area contributed by atoms with E-state index in [4.69, 9.17) is 83.9 Å². The third kappa shape index (κ3) is 10.6. The van der Waals surface area contributed by atoms with E-state index in [1.54, 1.807) is 18.3 Å². The maximum Gasteiger partial charge on any atom is 0.156 e. The topological polar surface area (TPSA) is 40.0 Å². The van der Waals surface area contributed by atoms with Gasteiger partial charge in [-0.1, -0.05) is 99.0 Å². The van der Waals surface area contributed by atoms with Crippen LogP contribution in [0.1, 0.15) is 17.5 Å². The number of benzene rings is 2. The largest absolute Gasteiger partial charge is 0.490 e. The summed E-state index contributed by atoms with van der Waals surface area (Å²) in [6.07, 6.45) is 6.24. The van der Waals surface area contributed by atoms with E-state index in [9.17, 15) is 0 Å². The van der Waals surface area contributed by atoms with Gasteiger partial charge < -0.3 is 14.3 Å². The second-order valence-electron chi connectivity index (χ2n) is 6.24. The highest BCUT2D eigenvalue weighted by Crippen LogP contribution is 2.37. The molecule has 0 unspecified atom stereocenters. The molecular weight excluding hydrogens is 539 g/mol. The monoisotopic (exact) mass is 555 g/mol. The Morgan fingerprint density at radius 3 is 2.09 bits per heavy atom. The van der Waals surface area contributed by atoms with Crippen LogP contribution < -0.4 is 9.47 Å². The molecule has 0 saturated carbocycles. The molecule has 0 spiro atoms. The minimum absolute atomic E-state index is 0.125. The lowest BCUT2D eigenvalue weighted by Crippen LogP contribution is -2.01. The Morgan fingerprint density at radius 2 is 1.47 bits per heavy atom. The molecule has 0 radical (unpaired) electrons. The van der Waals surface area contributed by atoms with Crippen molar-refractivity contribution in [2.45, 2.75) is 12.8 Å². The van der Waals surface area contributed by atoms with Crippen LogP contribution >= 0.6 is 69.6 Å². The van der Waals surface area contributed by atoms with Gasteiger partial charge in [-0.25, -0.2) is 0 Å². The van der Waals surface area contributed by atoms with Crippen LogP contribution in [-0.4, -0.2) is 26.0 Å². The molecule has 0 amide bonds. The van der Waals surface area contributed by atoms with Crippen molar-refractivity contribution in [1.82, 2.24) is 0 Å². The van der Waals surface area contributed by atoms with Crippen LogP contribution in [0.5, 0.6) is 11.5 Å². The number of rotatable bonds is 12. The van der Waals surface area contributed by atoms with Gasteiger partial charge in [-0.2, -0.15) is 0 Å². The normalized spacial score (nSPS) is 10.7. The van der Waals surface area contributed by atoms with Gasteiger partial charge in [-0.15, -0.1) is 0 Å². The minimum atomic E-state index is 0.125. The van der Waals surface area contributed by atoms with Gasteiger partial charge >= 0.3 is 0 Å². The van der Waals surface area contributed by atoms with Gasteiger partial charge in [-0.05, 0) is 36.1 Å². The van der Waals surface area contributed by atoms with E-state index in [2.05, 4.69) is 5.16 Å². The maximum absolute atomic E-state index is 6.27. The van der Waals surface area contributed by atoms with Crippen LogP contribution in [0.15, 0.2) is 62.7 Å². The lowest BCUT2D eigenvalue weighted by atomic mass is 10.1. The molecule has 2 rings (SSSR count). The first-order valence-corrected chi connectivity index (χ1v) is 11.6. The summed E-state index contributed by atoms with van der Waals surface area (Å²) in [6.45, 7) is 0.867. The summed E-state index contributed by atoms with van der Waals surface area (Å²) in [5.41, 5.74) is 2.08. The second kappa shape index (κ2) is 14.8. The molecule has 32 heavy (non-hydrogen) atoms. The zero-order valence-electron chi connectivity index (χ0n) is 16.7. The summed E-state index contributed by atoms with van der Waals surface area (Å²) < 4.78 is 11.5. The Labute approximate surface area is 217 Å². The maximum atomic E-state index is 6.27. The first-order chi connectivity index (χ1) is 15.3. The van der Waals surface area contributed by atoms with E-state index in [1.165, 1.54) is 12.2 Å². The van der Waals surface area contributed by atoms with Crippen LogP contribution in [0.3, 0.4) is 0 Å². The molecule has 0 heterocycles. The van der Waals surface area contributed by atoms with Crippen molar-refractivity contribution in [3.63, 3.8) is 0 Å². The number of hydrogen-bond acceptors (Lipinski definition) is 4. The summed E-state index contributed by atoms with van der Waals surface area (Å²) in [5, 5.41) is 4.57. The van der Waals surface area contributed by atoms with E-state index in [1.807, 2.05) is 24.3 Å². The molecule has 0 aromatic heterocycles. The highest BCUT2D eigenvalue weighted by Gasteiger charge is 2.10. The van der Waals surface area contributed by atoms with Crippen molar-refractivity contribution in [2.75, 3.05) is 19.8 Å². The van der Waals surface area contributed by atoms with Crippen LogP contribution in [0.4, 0.5) is 0 Å². The second-order valence-corrected chi connectivity index (χ2v) is 9.07. The molecule has 0 atom stereocenters. The highest BCUT2D eigenvalue weighted by atomic mass is 35.5. The molecule has 0 fully saturated rings. The SMILES string of the molecule is ClC(Cl)=CCO/N=C/c1ccc(CCCOc2c(Cl)cc(OCC=C(Cl)Cl)cc2Cl)cc1. The molecule has 0 aliphatic carbocycles. The summed E-state index contributed by atoms with van der Waals surface area (Å²) in [7, 11) is 0. The van der Waals surface area contributed by atoms with Crippen LogP contribution in [0.25, 0.3) is 0 Å². The fourth-order valence-corrected chi connectivity index (χ4v) is 3.25. The fraction of sp³-hybridized carbons (Fsp3) is 0.227. The number of aryl methyl sites for hydroxylation is 1. The Morgan fingerprint density at radius 1 is 0.844 bits per heavy atom. The summed E-state index contributed by atoms with van der Waals surface area (Å²) in [6, 6.07) is 11.2. The van der Waals surface area contributed by atoms with E-state index < -0.39 is 0 Å². The molecule has 0 aliphatic heterocycles. The third-order valence-corrected chi connectivity index (χ3v) is 5.06. The van der Waals surface area contributed by atoms with Gasteiger partial charge in [0.2, 0.25) is 0 Å². The standard InChI is InChI=1S/C22H19Cl6NO3/c23-18-12-17(30-10-7-20(25)26)13-19(24)22(18)31-9-1-2-15-3-5-16(6-4-15)14-29-32-11-8-21(27)28/h3-8,12-14H,1-2,9-11H2/b29-14+. The lowest BCUT2D eigenvalue weighted by Gasteiger charge is -2.12. The Hall–Kier alpha value is -1.27. The van der Waals surface area contributed by atoms with Gasteiger partial charge in [0, 0.05) is 12.1 Å². The molecule has 2 aromatic rings. The first kappa shape index (κ1) is 27.0. The molecule has 172 valence electrons. The number of halogens is 6. The number of oxime groups is 1. The van der Waals surface area contributed by atoms with Crippen molar-refractivity contribution in [3.05, 3.63) is 78.7 Å². The lowest BCUT2D eigenvalue weighted by molar-refractivity contribution is 0.176. The highest BCUT2D eigenvalue weighted by molar-refractivity contribution is 6.56. The van der Waals surface area contributed by atoms with Gasteiger partial charge in [-0.3, -0.25) is 0 Å². The number of hydrogen-bond donors (Lipinski definition) is 0. The summed E-state index contributed by atoms with van der Waals surface area (Å²) >= 11 is 34.6. The van der Waals surface area contributed by atoms with Crippen LogP contribution in [-0.2, 0) is 11.3 Å². The quantitative estimate of drug-likeness (QED) is 0.149. The van der Waals surface area contributed by atoms with Crippen molar-refractivity contribution < 1.29 is 14.3 Å². The molecule has 0 saturated heterocycles. The predicted octanol–water partition coefficient (Wildman–Crippen LogP) is 8.37. The van der Waals surface area contributed by atoms with E-state index in [0.29, 0.717) is 28.2 Å². The third-order valence-electron chi connectivity index (χ3n) is 3.88. The van der Waals surface area contributed by atoms with E-state index >= 15 is 0 Å². The molecule has 2 aromatic carbocycles. The molecule has 4 nitrogen and oxygen atoms in total. The predicted molar refractivity (Wildman–Crippen MR) is 135 cm³/mol. The van der Waals surface area contributed by atoms with Crippen molar-refractivity contribution in [3.8, 4) is 11.5 Å². The zero-order chi connectivity index (χ0) is 23.3. The zero-order valence-corrected chi connectivity index (χ0v) is 21.2. The fourth-order valence-electron chi connectivity index (χ4n) is 2.42. The first-order valence-electron chi connectivity index (χ1n) is 9.36. The Balaban J connectivity index is 1.77. The Bertz CT molecular complexity index is 930. The van der Waals surface area contributed by atoms with E-state index in [-0.39, 0.29) is 22.2 Å². The molecule has 0 aliphatic rings. The van der Waals surface area contributed by atoms with Crippen molar-refractivity contribution >= 4 is 75.8 Å². The average Bonchev–Trinajstić information content (AvgIpc) is 2.73. The van der Waals surface area contributed by atoms with Gasteiger partial charge in [0.25, 0.3) is 0 Å². The van der Waals surface area contributed by atoms with Crippen molar-refractivity contribution in [2.24, 2.45) is 5.16 Å². The van der Waals surface area contributed by atoms with Gasteiger partial charge in [0.1, 0.15) is 27.9 Å². The van der Waals surface area contributed by atoms with Crippen LogP contribution in [0.2, 0.25) is 10.0 Å². The molecule has 0 N–H and O–H groups in total. The molecular formula is C22H19Cl6NO3. The summed E-state index contributed by atoms with van der Waals surface area (Å²) in [5.74, 6) is 0.912. The smallest absolute Gasteiger partial charge is 0.156 e. The molecule has 10 heteroatoms. The minimum Gasteiger partial charge on any atom is -0.490 e. The number of nitrogens with zero attached hydrogens (tertiary/aromatic N) is 1. The summed E-state index contributed by atoms with van der Waals surface area (Å²) in [4.78, 5) is 5.02.